The van der Waals surface area contributed by atoms with E-state index in [4.69, 9.17) is 26.8 Å². The lowest BCUT2D eigenvalue weighted by Gasteiger charge is -2.28. The number of ether oxygens (including phenoxy) is 2. The molecule has 2 aromatic rings. The zero-order valence-corrected chi connectivity index (χ0v) is 13.9. The van der Waals surface area contributed by atoms with Gasteiger partial charge in [0.25, 0.3) is 0 Å². The van der Waals surface area contributed by atoms with Crippen LogP contribution in [0, 0.1) is 13.8 Å². The van der Waals surface area contributed by atoms with Crippen LogP contribution in [0.3, 0.4) is 0 Å². The summed E-state index contributed by atoms with van der Waals surface area (Å²) in [4.78, 5) is 10.5. The fourth-order valence-corrected chi connectivity index (χ4v) is 2.67. The van der Waals surface area contributed by atoms with Crippen LogP contribution in [-0.4, -0.2) is 36.3 Å². The first-order valence-electron chi connectivity index (χ1n) is 7.44. The number of nitrogens with zero attached hydrogens (tertiary/aromatic N) is 3. The molecule has 0 spiro atoms. The van der Waals surface area contributed by atoms with E-state index in [1.165, 1.54) is 6.33 Å². The molecule has 23 heavy (non-hydrogen) atoms. The minimum absolute atomic E-state index is 0.350. The Hall–Kier alpha value is -2.05. The molecule has 0 unspecified atom stereocenters. The van der Waals surface area contributed by atoms with Gasteiger partial charge in [-0.1, -0.05) is 11.6 Å². The number of benzene rings is 1. The Balaban J connectivity index is 1.88. The topological polar surface area (TPSA) is 73.5 Å². The van der Waals surface area contributed by atoms with Gasteiger partial charge in [-0.15, -0.1) is 0 Å². The Morgan fingerprint density at radius 2 is 1.83 bits per heavy atom. The Kier molecular flexibility index (Phi) is 4.54. The second-order valence-corrected chi connectivity index (χ2v) is 5.87. The Bertz CT molecular complexity index is 694. The van der Waals surface area contributed by atoms with Gasteiger partial charge in [0, 0.05) is 18.1 Å². The molecule has 0 saturated carbocycles. The van der Waals surface area contributed by atoms with Crippen LogP contribution in [0.15, 0.2) is 18.5 Å². The third kappa shape index (κ3) is 3.33. The van der Waals surface area contributed by atoms with Gasteiger partial charge in [-0.2, -0.15) is 4.98 Å². The largest absolute Gasteiger partial charge is 0.437 e. The minimum Gasteiger partial charge on any atom is -0.437 e. The van der Waals surface area contributed by atoms with E-state index in [1.807, 2.05) is 26.0 Å². The van der Waals surface area contributed by atoms with E-state index >= 15 is 0 Å². The lowest BCUT2D eigenvalue weighted by atomic mass is 10.1. The predicted octanol–water partition coefficient (Wildman–Crippen LogP) is 2.96. The van der Waals surface area contributed by atoms with E-state index in [-0.39, 0.29) is 0 Å². The van der Waals surface area contributed by atoms with Crippen molar-refractivity contribution in [3.8, 4) is 11.6 Å². The number of hydrogen-bond acceptors (Lipinski definition) is 6. The highest BCUT2D eigenvalue weighted by Gasteiger charge is 2.19. The lowest BCUT2D eigenvalue weighted by Crippen LogP contribution is -2.37. The van der Waals surface area contributed by atoms with Crippen molar-refractivity contribution < 1.29 is 9.47 Å². The maximum absolute atomic E-state index is 6.21. The average Bonchev–Trinajstić information content (AvgIpc) is 2.55. The second-order valence-electron chi connectivity index (χ2n) is 5.49. The van der Waals surface area contributed by atoms with Crippen LogP contribution in [0.4, 0.5) is 11.5 Å². The molecule has 0 amide bonds. The van der Waals surface area contributed by atoms with Gasteiger partial charge in [0.15, 0.2) is 5.82 Å². The molecule has 2 N–H and O–H groups in total. The molecule has 1 fully saturated rings. The molecule has 1 aliphatic heterocycles. The smallest absolute Gasteiger partial charge is 0.248 e. The van der Waals surface area contributed by atoms with E-state index in [0.29, 0.717) is 36.3 Å². The molecule has 0 radical (unpaired) electrons. The molecular formula is C16H19ClN4O2. The van der Waals surface area contributed by atoms with Gasteiger partial charge in [-0.3, -0.25) is 0 Å². The maximum Gasteiger partial charge on any atom is 0.248 e. The Labute approximate surface area is 140 Å². The van der Waals surface area contributed by atoms with Gasteiger partial charge >= 0.3 is 0 Å². The predicted molar refractivity (Wildman–Crippen MR) is 90.5 cm³/mol. The number of aryl methyl sites for hydroxylation is 2. The van der Waals surface area contributed by atoms with Crippen molar-refractivity contribution >= 4 is 23.1 Å². The van der Waals surface area contributed by atoms with Crippen LogP contribution >= 0.6 is 11.6 Å². The van der Waals surface area contributed by atoms with E-state index in [1.54, 1.807) is 0 Å². The molecule has 1 aromatic heterocycles. The SMILES string of the molecule is Cc1cc(Oc2ncnc(N3CCOCC3)c2N)cc(C)c1Cl. The highest BCUT2D eigenvalue weighted by molar-refractivity contribution is 6.32. The first-order chi connectivity index (χ1) is 11.1. The van der Waals surface area contributed by atoms with Crippen molar-refractivity contribution in [2.45, 2.75) is 13.8 Å². The van der Waals surface area contributed by atoms with E-state index in [0.717, 1.165) is 29.2 Å². The lowest BCUT2D eigenvalue weighted by molar-refractivity contribution is 0.122. The molecule has 122 valence electrons. The highest BCUT2D eigenvalue weighted by atomic mass is 35.5. The van der Waals surface area contributed by atoms with Crippen LogP contribution < -0.4 is 15.4 Å². The van der Waals surface area contributed by atoms with Crippen LogP contribution in [0.25, 0.3) is 0 Å². The van der Waals surface area contributed by atoms with Crippen molar-refractivity contribution in [3.63, 3.8) is 0 Å². The molecule has 0 bridgehead atoms. The zero-order valence-electron chi connectivity index (χ0n) is 13.2. The molecule has 1 aliphatic rings. The van der Waals surface area contributed by atoms with Crippen LogP contribution in [0.2, 0.25) is 5.02 Å². The highest BCUT2D eigenvalue weighted by Crippen LogP contribution is 2.34. The van der Waals surface area contributed by atoms with E-state index in [9.17, 15) is 0 Å². The number of nitrogen functional groups attached to an aromatic ring is 1. The monoisotopic (exact) mass is 334 g/mol. The quantitative estimate of drug-likeness (QED) is 0.930. The standard InChI is InChI=1S/C16H19ClN4O2/c1-10-7-12(8-11(2)13(10)17)23-16-14(18)15(19-9-20-16)21-3-5-22-6-4-21/h7-9H,3-6,18H2,1-2H3. The van der Waals surface area contributed by atoms with Crippen molar-refractivity contribution in [2.24, 2.45) is 0 Å². The van der Waals surface area contributed by atoms with Crippen LogP contribution in [0.1, 0.15) is 11.1 Å². The number of nitrogens with two attached hydrogens (primary N) is 1. The summed E-state index contributed by atoms with van der Waals surface area (Å²) in [5.41, 5.74) is 8.53. The second kappa shape index (κ2) is 6.60. The summed E-state index contributed by atoms with van der Waals surface area (Å²) in [6, 6.07) is 3.73. The Morgan fingerprint density at radius 3 is 2.48 bits per heavy atom. The molecule has 1 saturated heterocycles. The van der Waals surface area contributed by atoms with Crippen molar-refractivity contribution in [2.75, 3.05) is 36.9 Å². The van der Waals surface area contributed by atoms with Crippen molar-refractivity contribution in [1.82, 2.24) is 9.97 Å². The summed E-state index contributed by atoms with van der Waals surface area (Å²) in [5.74, 6) is 1.69. The summed E-state index contributed by atoms with van der Waals surface area (Å²) in [6.45, 7) is 6.69. The van der Waals surface area contributed by atoms with Gasteiger partial charge in [-0.25, -0.2) is 4.98 Å². The summed E-state index contributed by atoms with van der Waals surface area (Å²) in [5, 5.41) is 0.738. The number of anilines is 2. The molecule has 0 atom stereocenters. The third-order valence-electron chi connectivity index (χ3n) is 3.76. The first kappa shape index (κ1) is 15.8. The number of halogens is 1. The summed E-state index contributed by atoms with van der Waals surface area (Å²) >= 11 is 6.19. The van der Waals surface area contributed by atoms with Gasteiger partial charge in [0.1, 0.15) is 17.8 Å². The summed E-state index contributed by atoms with van der Waals surface area (Å²) in [7, 11) is 0. The normalized spacial score (nSPS) is 14.8. The number of rotatable bonds is 3. The summed E-state index contributed by atoms with van der Waals surface area (Å²) in [6.07, 6.45) is 1.46. The zero-order chi connectivity index (χ0) is 16.4. The van der Waals surface area contributed by atoms with Gasteiger partial charge < -0.3 is 20.1 Å². The molecule has 1 aromatic carbocycles. The van der Waals surface area contributed by atoms with E-state index < -0.39 is 0 Å². The molecular weight excluding hydrogens is 316 g/mol. The van der Waals surface area contributed by atoms with Crippen LogP contribution in [-0.2, 0) is 4.74 Å². The van der Waals surface area contributed by atoms with Crippen molar-refractivity contribution in [1.29, 1.82) is 0 Å². The first-order valence-corrected chi connectivity index (χ1v) is 7.82. The Morgan fingerprint density at radius 1 is 1.17 bits per heavy atom. The van der Waals surface area contributed by atoms with Gasteiger partial charge in [0.05, 0.1) is 13.2 Å². The average molecular weight is 335 g/mol. The molecule has 6 nitrogen and oxygen atoms in total. The fraction of sp³-hybridized carbons (Fsp3) is 0.375. The van der Waals surface area contributed by atoms with Gasteiger partial charge in [-0.05, 0) is 37.1 Å². The number of morpholine rings is 1. The number of hydrogen-bond donors (Lipinski definition) is 1. The van der Waals surface area contributed by atoms with Crippen LogP contribution in [0.5, 0.6) is 11.6 Å². The van der Waals surface area contributed by atoms with Gasteiger partial charge in [0.2, 0.25) is 5.88 Å². The van der Waals surface area contributed by atoms with Crippen molar-refractivity contribution in [3.05, 3.63) is 34.6 Å². The molecule has 0 aliphatic carbocycles. The number of aromatic nitrogens is 2. The minimum atomic E-state index is 0.350. The third-order valence-corrected chi connectivity index (χ3v) is 4.36. The molecule has 3 rings (SSSR count). The molecule has 7 heteroatoms. The summed E-state index contributed by atoms with van der Waals surface area (Å²) < 4.78 is 11.2. The fourth-order valence-electron chi connectivity index (χ4n) is 2.56. The molecule has 2 heterocycles. The van der Waals surface area contributed by atoms with E-state index in [2.05, 4.69) is 14.9 Å². The maximum atomic E-state index is 6.21.